The molecule has 0 aliphatic carbocycles. The Morgan fingerprint density at radius 1 is 1.23 bits per heavy atom. The molecule has 26 heavy (non-hydrogen) atoms. The summed E-state index contributed by atoms with van der Waals surface area (Å²) >= 11 is 0. The molecule has 0 spiro atoms. The summed E-state index contributed by atoms with van der Waals surface area (Å²) in [6.07, 6.45) is -0.841. The molecule has 0 radical (unpaired) electrons. The van der Waals surface area contributed by atoms with Crippen molar-refractivity contribution in [3.8, 4) is 5.75 Å². The Kier molecular flexibility index (Phi) is 5.01. The third-order valence-electron chi connectivity index (χ3n) is 4.49. The van der Waals surface area contributed by atoms with Gasteiger partial charge in [0.1, 0.15) is 23.5 Å². The van der Waals surface area contributed by atoms with Gasteiger partial charge in [-0.1, -0.05) is 12.1 Å². The van der Waals surface area contributed by atoms with Gasteiger partial charge in [-0.3, -0.25) is 19.2 Å². The first-order valence-corrected chi connectivity index (χ1v) is 8.25. The van der Waals surface area contributed by atoms with Crippen molar-refractivity contribution in [1.82, 2.24) is 14.5 Å². The molecule has 1 aromatic heterocycles. The molecule has 1 aliphatic heterocycles. The van der Waals surface area contributed by atoms with E-state index in [0.717, 1.165) is 15.9 Å². The lowest BCUT2D eigenvalue weighted by molar-refractivity contribution is 0.141. The monoisotopic (exact) mass is 361 g/mol. The van der Waals surface area contributed by atoms with Gasteiger partial charge < -0.3 is 20.1 Å². The smallest absolute Gasteiger partial charge is 0.332 e. The zero-order valence-electron chi connectivity index (χ0n) is 15.0. The molecular weight excluding hydrogens is 338 g/mol. The summed E-state index contributed by atoms with van der Waals surface area (Å²) in [5.41, 5.74) is 0.625. The van der Waals surface area contributed by atoms with Crippen molar-refractivity contribution in [2.75, 3.05) is 30.5 Å². The number of aliphatic hydroxyl groups excluding tert-OH is 1. The molecule has 1 atom stereocenters. The molecule has 0 saturated carbocycles. The van der Waals surface area contributed by atoms with E-state index in [9.17, 15) is 14.7 Å². The summed E-state index contributed by atoms with van der Waals surface area (Å²) < 4.78 is 7.58. The second kappa shape index (κ2) is 7.22. The molecule has 0 fully saturated rings. The highest BCUT2D eigenvalue weighted by molar-refractivity contribution is 5.70. The van der Waals surface area contributed by atoms with Crippen molar-refractivity contribution in [3.05, 3.63) is 50.7 Å². The largest absolute Gasteiger partial charge is 0.497 e. The SMILES string of the molecule is COc1ccc(CNC(O)CN2CNc3c2c(=O)n(C)c(=O)n3C)cc1. The van der Waals surface area contributed by atoms with Crippen molar-refractivity contribution in [3.63, 3.8) is 0 Å². The van der Waals surface area contributed by atoms with Crippen LogP contribution in [0.25, 0.3) is 0 Å². The summed E-state index contributed by atoms with van der Waals surface area (Å²) in [5, 5.41) is 16.4. The lowest BCUT2D eigenvalue weighted by Crippen LogP contribution is -2.44. The summed E-state index contributed by atoms with van der Waals surface area (Å²) in [4.78, 5) is 26.1. The van der Waals surface area contributed by atoms with Crippen molar-refractivity contribution in [2.24, 2.45) is 14.1 Å². The maximum Gasteiger partial charge on any atom is 0.332 e. The molecule has 9 heteroatoms. The first-order valence-electron chi connectivity index (χ1n) is 8.25. The first-order chi connectivity index (χ1) is 12.4. The van der Waals surface area contributed by atoms with E-state index >= 15 is 0 Å². The number of nitrogens with one attached hydrogen (secondary N) is 2. The zero-order chi connectivity index (χ0) is 18.8. The van der Waals surface area contributed by atoms with E-state index in [4.69, 9.17) is 4.74 Å². The standard InChI is InChI=1S/C17H23N5O4/c1-20-15-14(16(24)21(2)17(20)25)22(10-19-15)9-13(23)18-8-11-4-6-12(26-3)7-5-11/h4-7,13,18-19,23H,8-10H2,1-3H3. The van der Waals surface area contributed by atoms with Gasteiger partial charge in [-0.05, 0) is 17.7 Å². The van der Waals surface area contributed by atoms with E-state index in [2.05, 4.69) is 10.6 Å². The van der Waals surface area contributed by atoms with E-state index in [-0.39, 0.29) is 17.8 Å². The fourth-order valence-electron chi connectivity index (χ4n) is 2.97. The quantitative estimate of drug-likeness (QED) is 0.590. The molecule has 140 valence electrons. The Morgan fingerprint density at radius 2 is 1.92 bits per heavy atom. The number of β-amino-alcohol motifs (C(OH)–C–C–N with tert-alkyl or cyclic N) is 1. The number of aliphatic hydroxyl groups is 1. The molecule has 2 heterocycles. The van der Waals surface area contributed by atoms with Gasteiger partial charge in [0.15, 0.2) is 0 Å². The number of fused-ring (bicyclic) bond motifs is 1. The molecular formula is C17H23N5O4. The normalized spacial score (nSPS) is 14.1. The molecule has 0 amide bonds. The Morgan fingerprint density at radius 3 is 2.58 bits per heavy atom. The maximum absolute atomic E-state index is 12.4. The maximum atomic E-state index is 12.4. The molecule has 1 unspecified atom stereocenters. The van der Waals surface area contributed by atoms with Crippen LogP contribution in [0.1, 0.15) is 5.56 Å². The molecule has 0 bridgehead atoms. The number of hydrogen-bond donors (Lipinski definition) is 3. The van der Waals surface area contributed by atoms with Gasteiger partial charge in [0.05, 0.1) is 20.3 Å². The van der Waals surface area contributed by atoms with Gasteiger partial charge in [-0.25, -0.2) is 4.79 Å². The summed E-state index contributed by atoms with van der Waals surface area (Å²) in [7, 11) is 4.66. The number of ether oxygens (including phenoxy) is 1. The van der Waals surface area contributed by atoms with E-state index in [1.807, 2.05) is 24.3 Å². The number of rotatable bonds is 6. The van der Waals surface area contributed by atoms with Crippen LogP contribution in [-0.2, 0) is 20.6 Å². The van der Waals surface area contributed by atoms with Crippen molar-refractivity contribution >= 4 is 11.5 Å². The minimum absolute atomic E-state index is 0.212. The van der Waals surface area contributed by atoms with Gasteiger partial charge in [-0.2, -0.15) is 0 Å². The Balaban J connectivity index is 1.67. The number of nitrogens with zero attached hydrogens (tertiary/aromatic N) is 3. The molecule has 9 nitrogen and oxygen atoms in total. The lowest BCUT2D eigenvalue weighted by atomic mass is 10.2. The van der Waals surface area contributed by atoms with Gasteiger partial charge in [-0.15, -0.1) is 0 Å². The van der Waals surface area contributed by atoms with E-state index in [0.29, 0.717) is 24.7 Å². The highest BCUT2D eigenvalue weighted by Crippen LogP contribution is 2.25. The Bertz CT molecular complexity index is 903. The van der Waals surface area contributed by atoms with Gasteiger partial charge in [0, 0.05) is 20.6 Å². The van der Waals surface area contributed by atoms with Crippen LogP contribution in [0.3, 0.4) is 0 Å². The molecule has 1 aliphatic rings. The summed E-state index contributed by atoms with van der Waals surface area (Å²) in [6, 6.07) is 7.54. The van der Waals surface area contributed by atoms with E-state index in [1.54, 1.807) is 19.1 Å². The molecule has 0 saturated heterocycles. The second-order valence-corrected chi connectivity index (χ2v) is 6.21. The van der Waals surface area contributed by atoms with Crippen LogP contribution in [0.2, 0.25) is 0 Å². The summed E-state index contributed by atoms with van der Waals surface area (Å²) in [6.45, 7) is 1.04. The fourth-order valence-corrected chi connectivity index (χ4v) is 2.97. The lowest BCUT2D eigenvalue weighted by Gasteiger charge is -2.22. The fraction of sp³-hybridized carbons (Fsp3) is 0.412. The number of aromatic nitrogens is 2. The van der Waals surface area contributed by atoms with Crippen LogP contribution in [0, 0.1) is 0 Å². The predicted octanol–water partition coefficient (Wildman–Crippen LogP) is -0.610. The number of benzene rings is 1. The second-order valence-electron chi connectivity index (χ2n) is 6.21. The van der Waals surface area contributed by atoms with Crippen LogP contribution in [0.4, 0.5) is 11.5 Å². The third kappa shape index (κ3) is 3.31. The topological polar surface area (TPSA) is 101 Å². The van der Waals surface area contributed by atoms with Crippen LogP contribution in [0.15, 0.2) is 33.9 Å². The molecule has 3 rings (SSSR count). The average molecular weight is 361 g/mol. The Hall–Kier alpha value is -2.78. The van der Waals surface area contributed by atoms with Crippen LogP contribution < -0.4 is 31.5 Å². The average Bonchev–Trinajstić information content (AvgIpc) is 3.07. The van der Waals surface area contributed by atoms with Crippen molar-refractivity contribution in [2.45, 2.75) is 12.8 Å². The number of anilines is 2. The predicted molar refractivity (Wildman–Crippen MR) is 98.6 cm³/mol. The third-order valence-corrected chi connectivity index (χ3v) is 4.49. The van der Waals surface area contributed by atoms with Gasteiger partial charge >= 0.3 is 5.69 Å². The van der Waals surface area contributed by atoms with E-state index < -0.39 is 6.23 Å². The summed E-state index contributed by atoms with van der Waals surface area (Å²) in [5.74, 6) is 1.25. The minimum atomic E-state index is -0.841. The van der Waals surface area contributed by atoms with Gasteiger partial charge in [0.25, 0.3) is 5.56 Å². The van der Waals surface area contributed by atoms with Crippen LogP contribution in [-0.4, -0.2) is 40.8 Å². The molecule has 1 aromatic carbocycles. The van der Waals surface area contributed by atoms with Gasteiger partial charge in [0.2, 0.25) is 0 Å². The first kappa shape index (κ1) is 18.0. The van der Waals surface area contributed by atoms with Crippen molar-refractivity contribution in [1.29, 1.82) is 0 Å². The van der Waals surface area contributed by atoms with Crippen LogP contribution in [0.5, 0.6) is 5.75 Å². The molecule has 3 N–H and O–H groups in total. The highest BCUT2D eigenvalue weighted by atomic mass is 16.5. The van der Waals surface area contributed by atoms with E-state index in [1.165, 1.54) is 11.6 Å². The highest BCUT2D eigenvalue weighted by Gasteiger charge is 2.27. The number of hydrogen-bond acceptors (Lipinski definition) is 7. The minimum Gasteiger partial charge on any atom is -0.497 e. The number of methoxy groups -OCH3 is 1. The Labute approximate surface area is 150 Å². The zero-order valence-corrected chi connectivity index (χ0v) is 15.0. The van der Waals surface area contributed by atoms with Crippen molar-refractivity contribution < 1.29 is 9.84 Å². The molecule has 2 aromatic rings. The van der Waals surface area contributed by atoms with Crippen LogP contribution >= 0.6 is 0 Å².